The van der Waals surface area contributed by atoms with E-state index in [9.17, 15) is 0 Å². The molecule has 0 aromatic carbocycles. The van der Waals surface area contributed by atoms with Crippen LogP contribution in [0.3, 0.4) is 0 Å². The van der Waals surface area contributed by atoms with E-state index in [2.05, 4.69) is 112 Å². The van der Waals surface area contributed by atoms with Crippen molar-refractivity contribution >= 4 is 18.5 Å². The molecule has 0 nitrogen and oxygen atoms in total. The fraction of sp³-hybridized carbons (Fsp3) is 0.818. The van der Waals surface area contributed by atoms with Crippen LogP contribution in [0.4, 0.5) is 0 Å². The van der Waals surface area contributed by atoms with E-state index >= 15 is 0 Å². The molecule has 154 valence electrons. The zero-order chi connectivity index (χ0) is 19.6. The molecule has 3 heteroatoms. The molecule has 0 aliphatic heterocycles. The van der Waals surface area contributed by atoms with E-state index in [4.69, 9.17) is 0 Å². The summed E-state index contributed by atoms with van der Waals surface area (Å²) in [5, 5.41) is 0.575. The number of rotatable bonds is 8. The monoisotopic (exact) mass is 478 g/mol. The molecule has 0 aliphatic rings. The molecular formula is C22H46P2Pd. The second-order valence-corrected chi connectivity index (χ2v) is 10.2. The SMILES string of the molecule is CCC=CC(P)(C(C)C)C(C)C.CCC=CC(P)(C(C)C)C(C)C.[Pd]. The minimum Gasteiger partial charge on any atom is -0.126 e. The van der Waals surface area contributed by atoms with Crippen LogP contribution < -0.4 is 0 Å². The molecule has 0 aromatic rings. The summed E-state index contributed by atoms with van der Waals surface area (Å²) in [6.45, 7) is 22.6. The molecule has 0 amide bonds. The summed E-state index contributed by atoms with van der Waals surface area (Å²) in [6.07, 6.45) is 11.5. The molecule has 25 heavy (non-hydrogen) atoms. The predicted molar refractivity (Wildman–Crippen MR) is 123 cm³/mol. The standard InChI is InChI=1S/2C11H23P.Pd/c2*1-6-7-8-11(12,9(2)3)10(4)5;/h2*7-10H,6,12H2,1-5H3;. The van der Waals surface area contributed by atoms with E-state index in [1.807, 2.05) is 0 Å². The smallest absolute Gasteiger partial charge is 0.00726 e. The normalized spacial score (nSPS) is 13.1. The Bertz CT molecular complexity index is 316. The van der Waals surface area contributed by atoms with Crippen molar-refractivity contribution in [3.8, 4) is 0 Å². The van der Waals surface area contributed by atoms with Crippen LogP contribution in [0.15, 0.2) is 24.3 Å². The van der Waals surface area contributed by atoms with Crippen LogP contribution >= 0.6 is 18.5 Å². The Kier molecular flexibility index (Phi) is 18.4. The van der Waals surface area contributed by atoms with Gasteiger partial charge in [0.1, 0.15) is 0 Å². The number of hydrogen-bond donors (Lipinski definition) is 0. The maximum absolute atomic E-state index is 3.01. The van der Waals surface area contributed by atoms with Gasteiger partial charge in [0.2, 0.25) is 0 Å². The Morgan fingerprint density at radius 2 is 0.800 bits per heavy atom. The summed E-state index contributed by atoms with van der Waals surface area (Å²) in [5.74, 6) is 2.74. The van der Waals surface area contributed by atoms with Gasteiger partial charge in [-0.05, 0) is 36.5 Å². The Morgan fingerprint density at radius 3 is 0.920 bits per heavy atom. The van der Waals surface area contributed by atoms with Crippen molar-refractivity contribution in [3.05, 3.63) is 24.3 Å². The molecule has 0 rings (SSSR count). The number of allylic oxidation sites excluding steroid dienone is 4. The molecule has 0 N–H and O–H groups in total. The van der Waals surface area contributed by atoms with Gasteiger partial charge in [-0.1, -0.05) is 93.5 Å². The second-order valence-electron chi connectivity index (χ2n) is 8.24. The molecule has 2 unspecified atom stereocenters. The summed E-state index contributed by atoms with van der Waals surface area (Å²) in [7, 11) is 6.02. The first-order chi connectivity index (χ1) is 10.9. The van der Waals surface area contributed by atoms with Crippen LogP contribution in [0.5, 0.6) is 0 Å². The molecule has 0 heterocycles. The molecule has 0 bridgehead atoms. The van der Waals surface area contributed by atoms with Gasteiger partial charge in [0.25, 0.3) is 0 Å². The Hall–Kier alpha value is 1.00. The summed E-state index contributed by atoms with van der Waals surface area (Å²) < 4.78 is 0. The Morgan fingerprint density at radius 1 is 0.600 bits per heavy atom. The average molecular weight is 479 g/mol. The molecule has 2 atom stereocenters. The van der Waals surface area contributed by atoms with Gasteiger partial charge < -0.3 is 0 Å². The maximum atomic E-state index is 3.01. The molecular weight excluding hydrogens is 433 g/mol. The van der Waals surface area contributed by atoms with Gasteiger partial charge in [-0.15, -0.1) is 18.5 Å². The Labute approximate surface area is 178 Å². The number of hydrogen-bond acceptors (Lipinski definition) is 0. The molecule has 0 fully saturated rings. The van der Waals surface area contributed by atoms with Crippen molar-refractivity contribution in [1.29, 1.82) is 0 Å². The van der Waals surface area contributed by atoms with Crippen LogP contribution in [-0.4, -0.2) is 10.3 Å². The van der Waals surface area contributed by atoms with Crippen molar-refractivity contribution in [2.75, 3.05) is 0 Å². The van der Waals surface area contributed by atoms with E-state index in [1.165, 1.54) is 0 Å². The molecule has 0 saturated carbocycles. The largest absolute Gasteiger partial charge is 0.126 e. The van der Waals surface area contributed by atoms with E-state index in [1.54, 1.807) is 0 Å². The van der Waals surface area contributed by atoms with Crippen molar-refractivity contribution in [2.24, 2.45) is 23.7 Å². The summed E-state index contributed by atoms with van der Waals surface area (Å²) in [5.41, 5.74) is 0. The molecule has 0 aliphatic carbocycles. The van der Waals surface area contributed by atoms with Gasteiger partial charge in [-0.2, -0.15) is 0 Å². The molecule has 0 spiro atoms. The average Bonchev–Trinajstić information content (AvgIpc) is 2.49. The van der Waals surface area contributed by atoms with E-state index in [0.29, 0.717) is 23.7 Å². The molecule has 0 radical (unpaired) electrons. The van der Waals surface area contributed by atoms with Crippen LogP contribution in [0, 0.1) is 23.7 Å². The summed E-state index contributed by atoms with van der Waals surface area (Å²) >= 11 is 0. The quantitative estimate of drug-likeness (QED) is 0.190. The van der Waals surface area contributed by atoms with Crippen molar-refractivity contribution in [2.45, 2.75) is 92.4 Å². The van der Waals surface area contributed by atoms with Gasteiger partial charge >= 0.3 is 0 Å². The van der Waals surface area contributed by atoms with E-state index < -0.39 is 0 Å². The first-order valence-corrected chi connectivity index (χ1v) is 11.0. The third-order valence-corrected chi connectivity index (χ3v) is 8.34. The first kappa shape index (κ1) is 30.7. The Balaban J connectivity index is -0.000000372. The maximum Gasteiger partial charge on any atom is 0.00726 e. The third-order valence-electron chi connectivity index (χ3n) is 5.28. The van der Waals surface area contributed by atoms with Gasteiger partial charge in [-0.3, -0.25) is 0 Å². The van der Waals surface area contributed by atoms with Gasteiger partial charge in [0.05, 0.1) is 0 Å². The molecule has 0 aromatic heterocycles. The fourth-order valence-electron chi connectivity index (χ4n) is 2.75. The van der Waals surface area contributed by atoms with Crippen LogP contribution in [0.2, 0.25) is 0 Å². The van der Waals surface area contributed by atoms with Gasteiger partial charge in [0.15, 0.2) is 0 Å². The third kappa shape index (κ3) is 10.8. The van der Waals surface area contributed by atoms with Crippen molar-refractivity contribution in [1.82, 2.24) is 0 Å². The minimum absolute atomic E-state index is 0. The second kappa shape index (κ2) is 15.0. The van der Waals surface area contributed by atoms with Gasteiger partial charge in [0, 0.05) is 30.7 Å². The molecule has 0 saturated heterocycles. The van der Waals surface area contributed by atoms with Crippen LogP contribution in [0.1, 0.15) is 82.1 Å². The van der Waals surface area contributed by atoms with E-state index in [-0.39, 0.29) is 30.7 Å². The minimum atomic E-state index is 0. The van der Waals surface area contributed by atoms with Crippen molar-refractivity contribution < 1.29 is 20.4 Å². The van der Waals surface area contributed by atoms with Crippen molar-refractivity contribution in [3.63, 3.8) is 0 Å². The zero-order valence-corrected chi connectivity index (χ0v) is 22.4. The van der Waals surface area contributed by atoms with Crippen LogP contribution in [0.25, 0.3) is 0 Å². The summed E-state index contributed by atoms with van der Waals surface area (Å²) in [6, 6.07) is 0. The summed E-state index contributed by atoms with van der Waals surface area (Å²) in [4.78, 5) is 0. The van der Waals surface area contributed by atoms with Gasteiger partial charge in [-0.25, -0.2) is 0 Å². The van der Waals surface area contributed by atoms with Crippen LogP contribution in [-0.2, 0) is 20.4 Å². The fourth-order valence-corrected chi connectivity index (χ4v) is 3.02. The van der Waals surface area contributed by atoms with E-state index in [0.717, 1.165) is 12.8 Å². The zero-order valence-electron chi connectivity index (χ0n) is 18.5. The first-order valence-electron chi connectivity index (χ1n) is 9.83. The predicted octanol–water partition coefficient (Wildman–Crippen LogP) is 7.75. The topological polar surface area (TPSA) is 0 Å².